The van der Waals surface area contributed by atoms with Crippen molar-refractivity contribution in [2.45, 2.75) is 52.1 Å². The van der Waals surface area contributed by atoms with Gasteiger partial charge in [-0.2, -0.15) is 0 Å². The topological polar surface area (TPSA) is 43.8 Å². The van der Waals surface area contributed by atoms with Crippen LogP contribution in [0.5, 0.6) is 0 Å². The molecule has 1 aliphatic carbocycles. The normalized spacial score (nSPS) is 20.8. The van der Waals surface area contributed by atoms with E-state index in [2.05, 4.69) is 30.3 Å². The molecule has 1 saturated carbocycles. The summed E-state index contributed by atoms with van der Waals surface area (Å²) in [6.07, 6.45) is 7.97. The van der Waals surface area contributed by atoms with Gasteiger partial charge in [-0.1, -0.05) is 20.3 Å². The summed E-state index contributed by atoms with van der Waals surface area (Å²) in [5.41, 5.74) is 7.41. The van der Waals surface area contributed by atoms with Gasteiger partial charge in [-0.25, -0.2) is 4.98 Å². The lowest BCUT2D eigenvalue weighted by molar-refractivity contribution is 0.216. The van der Waals surface area contributed by atoms with Crippen LogP contribution >= 0.6 is 0 Å². The second-order valence-corrected chi connectivity index (χ2v) is 5.43. The summed E-state index contributed by atoms with van der Waals surface area (Å²) in [6, 6.07) is 0.654. The van der Waals surface area contributed by atoms with E-state index in [-0.39, 0.29) is 6.04 Å². The summed E-state index contributed by atoms with van der Waals surface area (Å²) >= 11 is 0. The molecule has 1 fully saturated rings. The van der Waals surface area contributed by atoms with E-state index in [0.29, 0.717) is 12.0 Å². The first-order valence-electron chi connectivity index (χ1n) is 6.38. The van der Waals surface area contributed by atoms with Gasteiger partial charge in [-0.3, -0.25) is 0 Å². The third-order valence-corrected chi connectivity index (χ3v) is 4.03. The fourth-order valence-electron chi connectivity index (χ4n) is 2.40. The molecule has 1 aliphatic rings. The van der Waals surface area contributed by atoms with E-state index in [1.807, 2.05) is 12.5 Å². The summed E-state index contributed by atoms with van der Waals surface area (Å²) in [5.74, 6) is 1.29. The van der Waals surface area contributed by atoms with Crippen LogP contribution in [-0.4, -0.2) is 9.55 Å². The zero-order chi connectivity index (χ0) is 11.7. The first-order valence-corrected chi connectivity index (χ1v) is 6.38. The van der Waals surface area contributed by atoms with E-state index >= 15 is 0 Å². The average Bonchev–Trinajstić information content (AvgIpc) is 2.61. The molecule has 0 aliphatic heterocycles. The Morgan fingerprint density at radius 3 is 2.56 bits per heavy atom. The molecule has 0 bridgehead atoms. The number of rotatable bonds is 4. The second-order valence-electron chi connectivity index (χ2n) is 5.43. The predicted molar refractivity (Wildman–Crippen MR) is 66.0 cm³/mol. The zero-order valence-electron chi connectivity index (χ0n) is 10.6. The largest absolute Gasteiger partial charge is 0.330 e. The summed E-state index contributed by atoms with van der Waals surface area (Å²) in [5, 5.41) is 0. The Kier molecular flexibility index (Phi) is 3.33. The quantitative estimate of drug-likeness (QED) is 0.849. The molecule has 90 valence electrons. The fraction of sp³-hybridized carbons (Fsp3) is 0.769. The first-order chi connectivity index (χ1) is 7.61. The molecular weight excluding hydrogens is 198 g/mol. The standard InChI is InChI=1S/C13H23N3/c1-9(2)13(14)12-7-15-8-16(12)10(3)11-5-4-6-11/h7-11,13H,4-6,14H2,1-3H3. The monoisotopic (exact) mass is 221 g/mol. The molecule has 2 rings (SSSR count). The minimum atomic E-state index is 0.102. The minimum Gasteiger partial charge on any atom is -0.330 e. The highest BCUT2D eigenvalue weighted by Crippen LogP contribution is 2.37. The van der Waals surface area contributed by atoms with Crippen molar-refractivity contribution < 1.29 is 0 Å². The van der Waals surface area contributed by atoms with Crippen molar-refractivity contribution in [2.24, 2.45) is 17.6 Å². The van der Waals surface area contributed by atoms with Crippen molar-refractivity contribution in [3.8, 4) is 0 Å². The Labute approximate surface area is 98.1 Å². The van der Waals surface area contributed by atoms with E-state index in [1.165, 1.54) is 25.0 Å². The number of imidazole rings is 1. The van der Waals surface area contributed by atoms with Crippen molar-refractivity contribution in [1.82, 2.24) is 9.55 Å². The molecule has 0 aromatic carbocycles. The Bertz CT molecular complexity index is 339. The third kappa shape index (κ3) is 2.01. The van der Waals surface area contributed by atoms with Crippen LogP contribution in [0, 0.1) is 11.8 Å². The molecule has 16 heavy (non-hydrogen) atoms. The summed E-state index contributed by atoms with van der Waals surface area (Å²) in [4.78, 5) is 4.27. The van der Waals surface area contributed by atoms with E-state index < -0.39 is 0 Å². The highest BCUT2D eigenvalue weighted by atomic mass is 15.1. The van der Waals surface area contributed by atoms with Crippen LogP contribution in [0.15, 0.2) is 12.5 Å². The number of hydrogen-bond acceptors (Lipinski definition) is 2. The van der Waals surface area contributed by atoms with Gasteiger partial charge in [0.2, 0.25) is 0 Å². The van der Waals surface area contributed by atoms with Crippen molar-refractivity contribution >= 4 is 0 Å². The Balaban J connectivity index is 2.17. The maximum absolute atomic E-state index is 6.22. The molecule has 2 atom stereocenters. The van der Waals surface area contributed by atoms with E-state index in [4.69, 9.17) is 5.73 Å². The highest BCUT2D eigenvalue weighted by molar-refractivity contribution is 5.07. The molecule has 0 spiro atoms. The Morgan fingerprint density at radius 1 is 1.38 bits per heavy atom. The van der Waals surface area contributed by atoms with Crippen molar-refractivity contribution in [1.29, 1.82) is 0 Å². The molecule has 3 nitrogen and oxygen atoms in total. The highest BCUT2D eigenvalue weighted by Gasteiger charge is 2.27. The summed E-state index contributed by atoms with van der Waals surface area (Å²) in [7, 11) is 0. The number of nitrogens with two attached hydrogens (primary N) is 1. The van der Waals surface area contributed by atoms with Crippen molar-refractivity contribution in [2.75, 3.05) is 0 Å². The SMILES string of the molecule is CC(C)C(N)c1cncn1C(C)C1CCC1. The molecule has 1 aromatic rings. The van der Waals surface area contributed by atoms with Gasteiger partial charge in [0.05, 0.1) is 12.0 Å². The number of aromatic nitrogens is 2. The van der Waals surface area contributed by atoms with Crippen LogP contribution in [0.4, 0.5) is 0 Å². The molecule has 0 saturated heterocycles. The lowest BCUT2D eigenvalue weighted by Gasteiger charge is -2.34. The lowest BCUT2D eigenvalue weighted by atomic mass is 9.80. The maximum atomic E-state index is 6.22. The van der Waals surface area contributed by atoms with Crippen molar-refractivity contribution in [3.05, 3.63) is 18.2 Å². The number of hydrogen-bond donors (Lipinski definition) is 1. The molecule has 2 N–H and O–H groups in total. The third-order valence-electron chi connectivity index (χ3n) is 4.03. The summed E-state index contributed by atoms with van der Waals surface area (Å²) < 4.78 is 2.29. The van der Waals surface area contributed by atoms with Gasteiger partial charge in [0, 0.05) is 18.3 Å². The van der Waals surface area contributed by atoms with Crippen LogP contribution in [0.25, 0.3) is 0 Å². The van der Waals surface area contributed by atoms with E-state index in [1.54, 1.807) is 0 Å². The van der Waals surface area contributed by atoms with Crippen molar-refractivity contribution in [3.63, 3.8) is 0 Å². The van der Waals surface area contributed by atoms with E-state index in [9.17, 15) is 0 Å². The Hall–Kier alpha value is -0.830. The molecule has 0 radical (unpaired) electrons. The first kappa shape index (κ1) is 11.6. The molecular formula is C13H23N3. The summed E-state index contributed by atoms with van der Waals surface area (Å²) in [6.45, 7) is 6.62. The van der Waals surface area contributed by atoms with Gasteiger partial charge in [0.1, 0.15) is 0 Å². The molecule has 2 unspecified atom stereocenters. The van der Waals surface area contributed by atoms with Gasteiger partial charge < -0.3 is 10.3 Å². The lowest BCUT2D eigenvalue weighted by Crippen LogP contribution is -2.27. The van der Waals surface area contributed by atoms with E-state index in [0.717, 1.165) is 5.92 Å². The van der Waals surface area contributed by atoms with Crippen LogP contribution in [0.1, 0.15) is 57.8 Å². The zero-order valence-corrected chi connectivity index (χ0v) is 10.6. The maximum Gasteiger partial charge on any atom is 0.0951 e. The molecule has 1 heterocycles. The molecule has 3 heteroatoms. The van der Waals surface area contributed by atoms with Gasteiger partial charge in [-0.15, -0.1) is 0 Å². The van der Waals surface area contributed by atoms with Gasteiger partial charge in [0.15, 0.2) is 0 Å². The van der Waals surface area contributed by atoms with Gasteiger partial charge >= 0.3 is 0 Å². The minimum absolute atomic E-state index is 0.102. The molecule has 1 aromatic heterocycles. The molecule has 0 amide bonds. The van der Waals surface area contributed by atoms with Crippen LogP contribution in [-0.2, 0) is 0 Å². The van der Waals surface area contributed by atoms with Crippen LogP contribution in [0.3, 0.4) is 0 Å². The fourth-order valence-corrected chi connectivity index (χ4v) is 2.40. The smallest absolute Gasteiger partial charge is 0.0951 e. The second kappa shape index (κ2) is 4.58. The van der Waals surface area contributed by atoms with Gasteiger partial charge in [0.25, 0.3) is 0 Å². The average molecular weight is 221 g/mol. The van der Waals surface area contributed by atoms with Gasteiger partial charge in [-0.05, 0) is 31.6 Å². The van der Waals surface area contributed by atoms with Crippen LogP contribution in [0.2, 0.25) is 0 Å². The number of nitrogens with zero attached hydrogens (tertiary/aromatic N) is 2. The van der Waals surface area contributed by atoms with Crippen LogP contribution < -0.4 is 5.73 Å². The Morgan fingerprint density at radius 2 is 2.06 bits per heavy atom. The predicted octanol–water partition coefficient (Wildman–Crippen LogP) is 2.90.